The zero-order valence-corrected chi connectivity index (χ0v) is 14.1. The van der Waals surface area contributed by atoms with Crippen LogP contribution in [-0.2, 0) is 0 Å². The van der Waals surface area contributed by atoms with Gasteiger partial charge >= 0.3 is 0 Å². The average molecular weight is 339 g/mol. The summed E-state index contributed by atoms with van der Waals surface area (Å²) in [6.45, 7) is 2.00. The number of nitrogens with two attached hydrogens (primary N) is 1. The molecule has 1 heterocycles. The fourth-order valence-electron chi connectivity index (χ4n) is 2.89. The number of hydrogen-bond acceptors (Lipinski definition) is 4. The zero-order chi connectivity index (χ0) is 17.8. The largest absolute Gasteiger partial charge is 0.497 e. The summed E-state index contributed by atoms with van der Waals surface area (Å²) in [6.07, 6.45) is 0. The number of hydrogen-bond donors (Lipinski definition) is 1. The number of rotatable bonds is 3. The van der Waals surface area contributed by atoms with Crippen LogP contribution in [0, 0.1) is 0 Å². The molecule has 3 rings (SSSR count). The Bertz CT molecular complexity index is 766. The molecule has 0 aliphatic carbocycles. The maximum Gasteiger partial charge on any atom is 0.256 e. The number of piperazine rings is 1. The summed E-state index contributed by atoms with van der Waals surface area (Å²) in [5.74, 6) is 0.594. The number of anilines is 1. The summed E-state index contributed by atoms with van der Waals surface area (Å²) in [5.41, 5.74) is 7.49. The van der Waals surface area contributed by atoms with Gasteiger partial charge in [-0.1, -0.05) is 12.1 Å². The van der Waals surface area contributed by atoms with Crippen LogP contribution in [0.5, 0.6) is 5.75 Å². The minimum Gasteiger partial charge on any atom is -0.497 e. The second-order valence-electron chi connectivity index (χ2n) is 5.90. The number of benzene rings is 2. The lowest BCUT2D eigenvalue weighted by Gasteiger charge is -2.35. The predicted octanol–water partition coefficient (Wildman–Crippen LogP) is 1.88. The second-order valence-corrected chi connectivity index (χ2v) is 5.90. The molecule has 2 aromatic carbocycles. The van der Waals surface area contributed by atoms with Gasteiger partial charge < -0.3 is 20.3 Å². The van der Waals surface area contributed by atoms with E-state index in [-0.39, 0.29) is 11.8 Å². The van der Waals surface area contributed by atoms with Crippen molar-refractivity contribution in [3.63, 3.8) is 0 Å². The molecule has 2 aromatic rings. The summed E-state index contributed by atoms with van der Waals surface area (Å²) in [4.78, 5) is 28.6. The Balaban J connectivity index is 1.62. The first kappa shape index (κ1) is 16.8. The van der Waals surface area contributed by atoms with E-state index < -0.39 is 0 Å². The third-order valence-corrected chi connectivity index (χ3v) is 4.38. The number of para-hydroxylation sites is 1. The highest BCUT2D eigenvalue weighted by Crippen LogP contribution is 2.17. The van der Waals surface area contributed by atoms with E-state index >= 15 is 0 Å². The SMILES string of the molecule is COc1ccc(C(=O)N2CCN(C(=O)c3ccccc3N)CC2)cc1. The molecular formula is C19H21N3O3. The molecule has 0 aromatic heterocycles. The summed E-state index contributed by atoms with van der Waals surface area (Å²) >= 11 is 0. The van der Waals surface area contributed by atoms with Gasteiger partial charge in [-0.3, -0.25) is 9.59 Å². The van der Waals surface area contributed by atoms with Crippen LogP contribution in [0.2, 0.25) is 0 Å². The van der Waals surface area contributed by atoms with Gasteiger partial charge in [-0.15, -0.1) is 0 Å². The predicted molar refractivity (Wildman–Crippen MR) is 95.7 cm³/mol. The molecule has 1 aliphatic rings. The number of nitrogen functional groups attached to an aromatic ring is 1. The van der Waals surface area contributed by atoms with Crippen LogP contribution in [0.1, 0.15) is 20.7 Å². The molecule has 2 N–H and O–H groups in total. The first-order valence-corrected chi connectivity index (χ1v) is 8.17. The molecule has 6 nitrogen and oxygen atoms in total. The Hall–Kier alpha value is -3.02. The van der Waals surface area contributed by atoms with Crippen molar-refractivity contribution < 1.29 is 14.3 Å². The van der Waals surface area contributed by atoms with E-state index in [1.807, 2.05) is 0 Å². The van der Waals surface area contributed by atoms with Gasteiger partial charge in [-0.05, 0) is 36.4 Å². The van der Waals surface area contributed by atoms with Crippen LogP contribution in [0.4, 0.5) is 5.69 Å². The van der Waals surface area contributed by atoms with Gasteiger partial charge in [0, 0.05) is 37.4 Å². The smallest absolute Gasteiger partial charge is 0.256 e. The standard InChI is InChI=1S/C19H21N3O3/c1-25-15-8-6-14(7-9-15)18(23)21-10-12-22(13-11-21)19(24)16-4-2-3-5-17(16)20/h2-9H,10-13,20H2,1H3. The van der Waals surface area contributed by atoms with Crippen molar-refractivity contribution in [1.29, 1.82) is 0 Å². The lowest BCUT2D eigenvalue weighted by molar-refractivity contribution is 0.0536. The minimum absolute atomic E-state index is 0.0334. The second kappa shape index (κ2) is 7.25. The van der Waals surface area contributed by atoms with Crippen molar-refractivity contribution >= 4 is 17.5 Å². The van der Waals surface area contributed by atoms with Crippen molar-refractivity contribution in [1.82, 2.24) is 9.80 Å². The fraction of sp³-hybridized carbons (Fsp3) is 0.263. The number of ether oxygens (including phenoxy) is 1. The van der Waals surface area contributed by atoms with E-state index in [2.05, 4.69) is 0 Å². The lowest BCUT2D eigenvalue weighted by atomic mass is 10.1. The number of nitrogens with zero attached hydrogens (tertiary/aromatic N) is 2. The van der Waals surface area contributed by atoms with Gasteiger partial charge in [-0.2, -0.15) is 0 Å². The van der Waals surface area contributed by atoms with Crippen molar-refractivity contribution in [2.24, 2.45) is 0 Å². The normalized spacial score (nSPS) is 14.3. The molecule has 0 bridgehead atoms. The topological polar surface area (TPSA) is 75.9 Å². The molecule has 6 heteroatoms. The molecule has 1 aliphatic heterocycles. The Morgan fingerprint density at radius 2 is 1.44 bits per heavy atom. The van der Waals surface area contributed by atoms with Gasteiger partial charge in [0.2, 0.25) is 0 Å². The van der Waals surface area contributed by atoms with Crippen LogP contribution in [0.15, 0.2) is 48.5 Å². The minimum atomic E-state index is -0.0883. The Labute approximate surface area is 146 Å². The van der Waals surface area contributed by atoms with E-state index in [1.165, 1.54) is 0 Å². The van der Waals surface area contributed by atoms with Crippen LogP contribution in [0.25, 0.3) is 0 Å². The molecule has 0 saturated carbocycles. The van der Waals surface area contributed by atoms with Crippen molar-refractivity contribution in [3.8, 4) is 5.75 Å². The number of carbonyl (C=O) groups excluding carboxylic acids is 2. The van der Waals surface area contributed by atoms with Crippen LogP contribution in [0.3, 0.4) is 0 Å². The van der Waals surface area contributed by atoms with E-state index in [1.54, 1.807) is 65.4 Å². The van der Waals surface area contributed by atoms with E-state index in [9.17, 15) is 9.59 Å². The van der Waals surface area contributed by atoms with E-state index in [0.717, 1.165) is 0 Å². The maximum atomic E-state index is 12.6. The van der Waals surface area contributed by atoms with Crippen LogP contribution < -0.4 is 10.5 Å². The van der Waals surface area contributed by atoms with Crippen molar-refractivity contribution in [2.45, 2.75) is 0 Å². The van der Waals surface area contributed by atoms with E-state index in [4.69, 9.17) is 10.5 Å². The highest BCUT2D eigenvalue weighted by molar-refractivity contribution is 5.99. The molecule has 25 heavy (non-hydrogen) atoms. The van der Waals surface area contributed by atoms with Crippen LogP contribution in [-0.4, -0.2) is 54.9 Å². The summed E-state index contributed by atoms with van der Waals surface area (Å²) in [5, 5.41) is 0. The molecule has 2 amide bonds. The molecule has 0 spiro atoms. The third-order valence-electron chi connectivity index (χ3n) is 4.38. The quantitative estimate of drug-likeness (QED) is 0.866. The lowest BCUT2D eigenvalue weighted by Crippen LogP contribution is -2.50. The van der Waals surface area contributed by atoms with E-state index in [0.29, 0.717) is 48.7 Å². The number of amides is 2. The highest BCUT2D eigenvalue weighted by atomic mass is 16.5. The zero-order valence-electron chi connectivity index (χ0n) is 14.1. The van der Waals surface area contributed by atoms with Gasteiger partial charge in [0.1, 0.15) is 5.75 Å². The average Bonchev–Trinajstić information content (AvgIpc) is 2.67. The van der Waals surface area contributed by atoms with Crippen LogP contribution >= 0.6 is 0 Å². The molecule has 130 valence electrons. The Morgan fingerprint density at radius 1 is 0.880 bits per heavy atom. The van der Waals surface area contributed by atoms with Crippen molar-refractivity contribution in [3.05, 3.63) is 59.7 Å². The molecule has 0 radical (unpaired) electrons. The molecule has 0 unspecified atom stereocenters. The molecule has 1 saturated heterocycles. The molecule has 1 fully saturated rings. The number of methoxy groups -OCH3 is 1. The van der Waals surface area contributed by atoms with Crippen molar-refractivity contribution in [2.75, 3.05) is 39.0 Å². The third kappa shape index (κ3) is 3.57. The summed E-state index contributed by atoms with van der Waals surface area (Å²) in [7, 11) is 1.59. The fourth-order valence-corrected chi connectivity index (χ4v) is 2.89. The molecular weight excluding hydrogens is 318 g/mol. The Kier molecular flexibility index (Phi) is 4.88. The number of carbonyl (C=O) groups is 2. The summed E-state index contributed by atoms with van der Waals surface area (Å²) < 4.78 is 5.11. The first-order chi connectivity index (χ1) is 12.1. The molecule has 0 atom stereocenters. The van der Waals surface area contributed by atoms with Gasteiger partial charge in [0.15, 0.2) is 0 Å². The maximum absolute atomic E-state index is 12.6. The first-order valence-electron chi connectivity index (χ1n) is 8.17. The van der Waals surface area contributed by atoms with Gasteiger partial charge in [-0.25, -0.2) is 0 Å². The monoisotopic (exact) mass is 339 g/mol. The van der Waals surface area contributed by atoms with Gasteiger partial charge in [0.25, 0.3) is 11.8 Å². The Morgan fingerprint density at radius 3 is 2.00 bits per heavy atom. The summed E-state index contributed by atoms with van der Waals surface area (Å²) in [6, 6.07) is 14.1. The van der Waals surface area contributed by atoms with Gasteiger partial charge in [0.05, 0.1) is 12.7 Å². The highest BCUT2D eigenvalue weighted by Gasteiger charge is 2.26.